The molecule has 0 aromatic carbocycles. The molecule has 3 nitrogen and oxygen atoms in total. The number of aromatic nitrogens is 2. The third kappa shape index (κ3) is 2.33. The summed E-state index contributed by atoms with van der Waals surface area (Å²) in [5.41, 5.74) is -0.159. The molecule has 13 heavy (non-hydrogen) atoms. The minimum absolute atomic E-state index is 0.159. The molecule has 0 spiro atoms. The monoisotopic (exact) mass is 196 g/mol. The summed E-state index contributed by atoms with van der Waals surface area (Å²) < 4.78 is 1.51. The Labute approximate surface area is 81.4 Å². The first-order chi connectivity index (χ1) is 6.15. The van der Waals surface area contributed by atoms with E-state index in [9.17, 15) is 4.79 Å². The highest BCUT2D eigenvalue weighted by Crippen LogP contribution is 2.01. The Bertz CT molecular complexity index is 403. The fraction of sp³-hybridized carbons (Fsp3) is 0.333. The number of terminal acetylenes is 1. The van der Waals surface area contributed by atoms with Gasteiger partial charge in [-0.3, -0.25) is 9.36 Å². The molecule has 0 aliphatic carbocycles. The summed E-state index contributed by atoms with van der Waals surface area (Å²) in [6, 6.07) is 1.28. The number of halogens is 1. The maximum atomic E-state index is 11.3. The predicted molar refractivity (Wildman–Crippen MR) is 51.7 cm³/mol. The molecule has 0 amide bonds. The Morgan fingerprint density at radius 1 is 1.77 bits per heavy atom. The van der Waals surface area contributed by atoms with Crippen LogP contribution in [-0.4, -0.2) is 9.55 Å². The van der Waals surface area contributed by atoms with Crippen LogP contribution in [0.5, 0.6) is 0 Å². The maximum Gasteiger partial charge on any atom is 0.255 e. The van der Waals surface area contributed by atoms with Gasteiger partial charge in [-0.05, 0) is 6.92 Å². The largest absolute Gasteiger partial charge is 0.296 e. The van der Waals surface area contributed by atoms with Gasteiger partial charge in [0.1, 0.15) is 11.0 Å². The molecule has 0 bridgehead atoms. The summed E-state index contributed by atoms with van der Waals surface area (Å²) in [6.45, 7) is 2.22. The van der Waals surface area contributed by atoms with Gasteiger partial charge in [0, 0.05) is 19.0 Å². The van der Waals surface area contributed by atoms with Crippen LogP contribution in [0, 0.1) is 19.3 Å². The van der Waals surface area contributed by atoms with Gasteiger partial charge in [0.2, 0.25) is 0 Å². The van der Waals surface area contributed by atoms with Gasteiger partial charge in [-0.15, -0.1) is 12.3 Å². The van der Waals surface area contributed by atoms with Gasteiger partial charge < -0.3 is 0 Å². The molecule has 0 atom stereocenters. The van der Waals surface area contributed by atoms with Crippen LogP contribution >= 0.6 is 11.6 Å². The first-order valence-corrected chi connectivity index (χ1v) is 4.20. The molecular weight excluding hydrogens is 188 g/mol. The van der Waals surface area contributed by atoms with E-state index in [1.807, 2.05) is 0 Å². The van der Waals surface area contributed by atoms with Gasteiger partial charge in [0.05, 0.1) is 0 Å². The number of aryl methyl sites for hydroxylation is 1. The molecule has 1 heterocycles. The zero-order valence-corrected chi connectivity index (χ0v) is 8.01. The van der Waals surface area contributed by atoms with E-state index in [0.717, 1.165) is 0 Å². The standard InChI is InChI=1S/C9H9ClN2O/c1-3-4-5-12-7(2)11-8(10)6-9(12)13/h1,6H,4-5H2,2H3. The van der Waals surface area contributed by atoms with Crippen molar-refractivity contribution in [1.82, 2.24) is 9.55 Å². The van der Waals surface area contributed by atoms with E-state index in [1.54, 1.807) is 6.92 Å². The summed E-state index contributed by atoms with van der Waals surface area (Å²) in [6.07, 6.45) is 5.61. The van der Waals surface area contributed by atoms with Crippen molar-refractivity contribution in [3.63, 3.8) is 0 Å². The molecule has 0 aliphatic rings. The van der Waals surface area contributed by atoms with Crippen LogP contribution in [-0.2, 0) is 6.54 Å². The lowest BCUT2D eigenvalue weighted by Gasteiger charge is -2.05. The second-order valence-electron chi connectivity index (χ2n) is 2.57. The van der Waals surface area contributed by atoms with Crippen molar-refractivity contribution in [2.45, 2.75) is 19.9 Å². The molecule has 1 rings (SSSR count). The molecule has 0 saturated carbocycles. The van der Waals surface area contributed by atoms with Gasteiger partial charge in [-0.1, -0.05) is 11.6 Å². The van der Waals surface area contributed by atoms with Crippen molar-refractivity contribution in [2.75, 3.05) is 0 Å². The number of hydrogen-bond donors (Lipinski definition) is 0. The average molecular weight is 197 g/mol. The topological polar surface area (TPSA) is 34.9 Å². The minimum Gasteiger partial charge on any atom is -0.296 e. The Balaban J connectivity index is 3.08. The third-order valence-electron chi connectivity index (χ3n) is 1.65. The Morgan fingerprint density at radius 2 is 2.46 bits per heavy atom. The molecule has 0 saturated heterocycles. The molecule has 1 aromatic heterocycles. The van der Waals surface area contributed by atoms with Gasteiger partial charge >= 0.3 is 0 Å². The summed E-state index contributed by atoms with van der Waals surface area (Å²) >= 11 is 5.59. The van der Waals surface area contributed by atoms with Crippen LogP contribution in [0.3, 0.4) is 0 Å². The van der Waals surface area contributed by atoms with Crippen molar-refractivity contribution in [2.24, 2.45) is 0 Å². The van der Waals surface area contributed by atoms with E-state index >= 15 is 0 Å². The predicted octanol–water partition coefficient (Wildman–Crippen LogP) is 1.23. The SMILES string of the molecule is C#CCCn1c(C)nc(Cl)cc1=O. The normalized spacial score (nSPS) is 9.62. The van der Waals surface area contributed by atoms with Crippen molar-refractivity contribution < 1.29 is 0 Å². The Morgan fingerprint density at radius 3 is 3.00 bits per heavy atom. The summed E-state index contributed by atoms with van der Waals surface area (Å²) in [5, 5.41) is 0.222. The fourth-order valence-corrected chi connectivity index (χ4v) is 1.25. The molecule has 68 valence electrons. The molecule has 1 aromatic rings. The lowest BCUT2D eigenvalue weighted by Crippen LogP contribution is -2.22. The van der Waals surface area contributed by atoms with E-state index in [0.29, 0.717) is 18.8 Å². The highest BCUT2D eigenvalue weighted by Gasteiger charge is 2.01. The number of hydrogen-bond acceptors (Lipinski definition) is 2. The van der Waals surface area contributed by atoms with Crippen LogP contribution < -0.4 is 5.56 Å². The minimum atomic E-state index is -0.159. The van der Waals surface area contributed by atoms with Crippen molar-refractivity contribution in [3.05, 3.63) is 27.4 Å². The lowest BCUT2D eigenvalue weighted by molar-refractivity contribution is 0.645. The second kappa shape index (κ2) is 4.11. The molecule has 0 unspecified atom stereocenters. The van der Waals surface area contributed by atoms with Crippen molar-refractivity contribution in [3.8, 4) is 12.3 Å². The molecule has 4 heteroatoms. The van der Waals surface area contributed by atoms with E-state index in [1.165, 1.54) is 10.6 Å². The second-order valence-corrected chi connectivity index (χ2v) is 2.96. The number of rotatable bonds is 2. The molecule has 0 fully saturated rings. The average Bonchev–Trinajstić information content (AvgIpc) is 2.02. The zero-order chi connectivity index (χ0) is 9.84. The quantitative estimate of drug-likeness (QED) is 0.527. The van der Waals surface area contributed by atoms with Crippen LogP contribution in [0.1, 0.15) is 12.2 Å². The van der Waals surface area contributed by atoms with Crippen molar-refractivity contribution >= 4 is 11.6 Å². The highest BCUT2D eigenvalue weighted by atomic mass is 35.5. The molecular formula is C9H9ClN2O. The third-order valence-corrected chi connectivity index (χ3v) is 1.84. The van der Waals surface area contributed by atoms with Gasteiger partial charge in [0.25, 0.3) is 5.56 Å². The lowest BCUT2D eigenvalue weighted by atomic mass is 10.4. The van der Waals surface area contributed by atoms with Crippen LogP contribution in [0.15, 0.2) is 10.9 Å². The van der Waals surface area contributed by atoms with E-state index in [2.05, 4.69) is 10.9 Å². The first kappa shape index (κ1) is 9.82. The zero-order valence-electron chi connectivity index (χ0n) is 7.25. The van der Waals surface area contributed by atoms with Crippen LogP contribution in [0.2, 0.25) is 5.15 Å². The smallest absolute Gasteiger partial charge is 0.255 e. The first-order valence-electron chi connectivity index (χ1n) is 3.82. The van der Waals surface area contributed by atoms with Crippen molar-refractivity contribution in [1.29, 1.82) is 0 Å². The van der Waals surface area contributed by atoms with E-state index < -0.39 is 0 Å². The molecule has 0 aliphatic heterocycles. The summed E-state index contributed by atoms with van der Waals surface area (Å²) in [7, 11) is 0. The maximum absolute atomic E-state index is 11.3. The van der Waals surface area contributed by atoms with Gasteiger partial charge in [-0.25, -0.2) is 4.98 Å². The number of nitrogens with zero attached hydrogens (tertiary/aromatic N) is 2. The van der Waals surface area contributed by atoms with E-state index in [4.69, 9.17) is 18.0 Å². The van der Waals surface area contributed by atoms with Crippen LogP contribution in [0.25, 0.3) is 0 Å². The van der Waals surface area contributed by atoms with Gasteiger partial charge in [-0.2, -0.15) is 0 Å². The Hall–Kier alpha value is -1.27. The summed E-state index contributed by atoms with van der Waals surface area (Å²) in [4.78, 5) is 15.3. The highest BCUT2D eigenvalue weighted by molar-refractivity contribution is 6.29. The fourth-order valence-electron chi connectivity index (χ4n) is 1.03. The van der Waals surface area contributed by atoms with E-state index in [-0.39, 0.29) is 10.7 Å². The van der Waals surface area contributed by atoms with Crippen LogP contribution in [0.4, 0.5) is 0 Å². The summed E-state index contributed by atoms with van der Waals surface area (Å²) in [5.74, 6) is 3.06. The molecule has 0 N–H and O–H groups in total. The Kier molecular flexibility index (Phi) is 3.10. The van der Waals surface area contributed by atoms with Gasteiger partial charge in [0.15, 0.2) is 0 Å². The molecule has 0 radical (unpaired) electrons.